The van der Waals surface area contributed by atoms with Gasteiger partial charge in [-0.05, 0) is 80.3 Å². The van der Waals surface area contributed by atoms with E-state index >= 15 is 0 Å². The molecule has 0 aromatic heterocycles. The zero-order chi connectivity index (χ0) is 14.8. The minimum Gasteiger partial charge on any atom is -0.381 e. The van der Waals surface area contributed by atoms with Gasteiger partial charge in [0.1, 0.15) is 0 Å². The Morgan fingerprint density at radius 3 is 2.41 bits per heavy atom. The molecule has 0 aliphatic carbocycles. The highest BCUT2D eigenvalue weighted by Crippen LogP contribution is 2.41. The van der Waals surface area contributed by atoms with Crippen molar-refractivity contribution in [3.05, 3.63) is 29.3 Å². The molecule has 1 N–H and O–H groups in total. The molecular formula is C19H28N2O. The maximum atomic E-state index is 5.56. The van der Waals surface area contributed by atoms with E-state index in [1.54, 1.807) is 11.1 Å². The summed E-state index contributed by atoms with van der Waals surface area (Å²) in [4.78, 5) is 2.61. The van der Waals surface area contributed by atoms with E-state index in [2.05, 4.69) is 28.4 Å². The van der Waals surface area contributed by atoms with Crippen molar-refractivity contribution in [2.24, 2.45) is 5.41 Å². The zero-order valence-corrected chi connectivity index (χ0v) is 13.6. The lowest BCUT2D eigenvalue weighted by Gasteiger charge is -2.45. The Morgan fingerprint density at radius 2 is 1.64 bits per heavy atom. The number of hydrogen-bond donors (Lipinski definition) is 1. The van der Waals surface area contributed by atoms with Gasteiger partial charge in [0.05, 0.1) is 0 Å². The quantitative estimate of drug-likeness (QED) is 0.863. The van der Waals surface area contributed by atoms with Crippen molar-refractivity contribution in [1.29, 1.82) is 0 Å². The number of fused-ring (bicyclic) bond motifs is 1. The first-order chi connectivity index (χ1) is 10.8. The summed E-state index contributed by atoms with van der Waals surface area (Å²) >= 11 is 0. The Labute approximate surface area is 134 Å². The molecule has 2 fully saturated rings. The third-order valence-corrected chi connectivity index (χ3v) is 6.07. The van der Waals surface area contributed by atoms with E-state index < -0.39 is 0 Å². The summed E-state index contributed by atoms with van der Waals surface area (Å²) in [6.45, 7) is 6.64. The lowest BCUT2D eigenvalue weighted by Crippen LogP contribution is -2.43. The molecule has 1 spiro atoms. The van der Waals surface area contributed by atoms with Crippen molar-refractivity contribution in [2.75, 3.05) is 44.3 Å². The minimum absolute atomic E-state index is 0.588. The molecule has 3 aliphatic rings. The zero-order valence-electron chi connectivity index (χ0n) is 13.6. The van der Waals surface area contributed by atoms with Crippen LogP contribution in [0.4, 0.5) is 5.69 Å². The van der Waals surface area contributed by atoms with E-state index in [-0.39, 0.29) is 0 Å². The minimum atomic E-state index is 0.588. The van der Waals surface area contributed by atoms with Gasteiger partial charge in [0.25, 0.3) is 0 Å². The van der Waals surface area contributed by atoms with Gasteiger partial charge in [-0.2, -0.15) is 0 Å². The highest BCUT2D eigenvalue weighted by atomic mass is 16.5. The fourth-order valence-corrected chi connectivity index (χ4v) is 4.40. The maximum absolute atomic E-state index is 5.56. The monoisotopic (exact) mass is 300 g/mol. The third kappa shape index (κ3) is 2.89. The van der Waals surface area contributed by atoms with Crippen LogP contribution in [0.3, 0.4) is 0 Å². The lowest BCUT2D eigenvalue weighted by atomic mass is 9.72. The van der Waals surface area contributed by atoms with Gasteiger partial charge in [-0.15, -0.1) is 0 Å². The summed E-state index contributed by atoms with van der Waals surface area (Å²) in [5, 5.41) is 3.51. The summed E-state index contributed by atoms with van der Waals surface area (Å²) in [6.07, 6.45) is 7.59. The topological polar surface area (TPSA) is 24.5 Å². The van der Waals surface area contributed by atoms with Crippen molar-refractivity contribution in [1.82, 2.24) is 5.32 Å². The summed E-state index contributed by atoms with van der Waals surface area (Å²) < 4.78 is 5.56. The van der Waals surface area contributed by atoms with E-state index in [1.165, 1.54) is 57.3 Å². The van der Waals surface area contributed by atoms with Gasteiger partial charge < -0.3 is 15.0 Å². The maximum Gasteiger partial charge on any atom is 0.0471 e. The molecule has 2 saturated heterocycles. The average molecular weight is 300 g/mol. The molecule has 4 rings (SSSR count). The van der Waals surface area contributed by atoms with Crippen molar-refractivity contribution >= 4 is 5.69 Å². The van der Waals surface area contributed by atoms with Crippen LogP contribution in [-0.2, 0) is 17.6 Å². The molecule has 0 radical (unpaired) electrons. The van der Waals surface area contributed by atoms with E-state index in [4.69, 9.17) is 4.74 Å². The average Bonchev–Trinajstić information content (AvgIpc) is 2.81. The molecular weight excluding hydrogens is 272 g/mol. The number of rotatable bonds is 1. The van der Waals surface area contributed by atoms with Crippen molar-refractivity contribution < 1.29 is 4.74 Å². The first-order valence-corrected chi connectivity index (χ1v) is 9.00. The lowest BCUT2D eigenvalue weighted by molar-refractivity contribution is 0.00212. The number of piperidine rings is 1. The SMILES string of the molecule is c1cc2c(cc1N1CCC3(CCOCC3)CC1)CCNCC2. The van der Waals surface area contributed by atoms with Crippen molar-refractivity contribution in [2.45, 2.75) is 38.5 Å². The molecule has 120 valence electrons. The van der Waals surface area contributed by atoms with Crippen LogP contribution in [0.15, 0.2) is 18.2 Å². The molecule has 0 atom stereocenters. The Kier molecular flexibility index (Phi) is 4.10. The van der Waals surface area contributed by atoms with Crippen molar-refractivity contribution in [3.8, 4) is 0 Å². The molecule has 1 aromatic rings. The van der Waals surface area contributed by atoms with Gasteiger partial charge in [0, 0.05) is 32.0 Å². The van der Waals surface area contributed by atoms with E-state index in [1.807, 2.05) is 0 Å². The number of ether oxygens (including phenoxy) is 1. The van der Waals surface area contributed by atoms with Crippen molar-refractivity contribution in [3.63, 3.8) is 0 Å². The summed E-state index contributed by atoms with van der Waals surface area (Å²) in [5.41, 5.74) is 5.15. The van der Waals surface area contributed by atoms with Crippen LogP contribution >= 0.6 is 0 Å². The Morgan fingerprint density at radius 1 is 0.909 bits per heavy atom. The second kappa shape index (κ2) is 6.21. The molecule has 0 saturated carbocycles. The second-order valence-electron chi connectivity index (χ2n) is 7.30. The van der Waals surface area contributed by atoms with Crippen LogP contribution in [0.25, 0.3) is 0 Å². The second-order valence-corrected chi connectivity index (χ2v) is 7.30. The Bertz CT molecular complexity index is 512. The smallest absolute Gasteiger partial charge is 0.0471 e. The summed E-state index contributed by atoms with van der Waals surface area (Å²) in [6, 6.07) is 7.19. The standard InChI is InChI=1S/C19H28N2O/c1-2-18(15-17-4-10-20-9-3-16(1)17)21-11-5-19(6-12-21)7-13-22-14-8-19/h1-2,15,20H,3-14H2. The Balaban J connectivity index is 1.46. The van der Waals surface area contributed by atoms with Crippen LogP contribution in [0.2, 0.25) is 0 Å². The largest absolute Gasteiger partial charge is 0.381 e. The van der Waals surface area contributed by atoms with E-state index in [0.717, 1.165) is 26.3 Å². The van der Waals surface area contributed by atoms with Crippen LogP contribution < -0.4 is 10.2 Å². The third-order valence-electron chi connectivity index (χ3n) is 6.07. The molecule has 0 amide bonds. The normalized spacial score (nSPS) is 24.8. The van der Waals surface area contributed by atoms with Crippen LogP contribution in [-0.4, -0.2) is 39.4 Å². The molecule has 22 heavy (non-hydrogen) atoms. The Hall–Kier alpha value is -1.06. The summed E-state index contributed by atoms with van der Waals surface area (Å²) in [5.74, 6) is 0. The predicted octanol–water partition coefficient (Wildman–Crippen LogP) is 2.77. The van der Waals surface area contributed by atoms with Gasteiger partial charge in [-0.1, -0.05) is 6.07 Å². The highest BCUT2D eigenvalue weighted by Gasteiger charge is 2.36. The molecule has 3 heteroatoms. The number of benzene rings is 1. The molecule has 3 aliphatic heterocycles. The van der Waals surface area contributed by atoms with Crippen LogP contribution in [0.5, 0.6) is 0 Å². The van der Waals surface area contributed by atoms with Crippen LogP contribution in [0.1, 0.15) is 36.8 Å². The number of nitrogens with one attached hydrogen (secondary N) is 1. The van der Waals surface area contributed by atoms with E-state index in [9.17, 15) is 0 Å². The van der Waals surface area contributed by atoms with Gasteiger partial charge in [0.2, 0.25) is 0 Å². The van der Waals surface area contributed by atoms with Crippen LogP contribution in [0, 0.1) is 5.41 Å². The van der Waals surface area contributed by atoms with E-state index in [0.29, 0.717) is 5.41 Å². The fraction of sp³-hybridized carbons (Fsp3) is 0.684. The number of hydrogen-bond acceptors (Lipinski definition) is 3. The van der Waals surface area contributed by atoms with Gasteiger partial charge in [0.15, 0.2) is 0 Å². The molecule has 1 aromatic carbocycles. The van der Waals surface area contributed by atoms with Gasteiger partial charge in [-0.25, -0.2) is 0 Å². The number of anilines is 1. The highest BCUT2D eigenvalue weighted by molar-refractivity contribution is 5.52. The fourth-order valence-electron chi connectivity index (χ4n) is 4.40. The molecule has 0 bridgehead atoms. The molecule has 3 heterocycles. The van der Waals surface area contributed by atoms with Gasteiger partial charge in [-0.3, -0.25) is 0 Å². The summed E-state index contributed by atoms with van der Waals surface area (Å²) in [7, 11) is 0. The van der Waals surface area contributed by atoms with Gasteiger partial charge >= 0.3 is 0 Å². The first kappa shape index (κ1) is 14.5. The number of nitrogens with zero attached hydrogens (tertiary/aromatic N) is 1. The predicted molar refractivity (Wildman–Crippen MR) is 90.7 cm³/mol. The molecule has 3 nitrogen and oxygen atoms in total. The first-order valence-electron chi connectivity index (χ1n) is 9.00. The molecule has 0 unspecified atom stereocenters.